The van der Waals surface area contributed by atoms with Crippen LogP contribution < -0.4 is 14.5 Å². The van der Waals surface area contributed by atoms with Crippen molar-refractivity contribution in [1.29, 1.82) is 0 Å². The summed E-state index contributed by atoms with van der Waals surface area (Å²) < 4.78 is 5.44. The van der Waals surface area contributed by atoms with E-state index in [1.54, 1.807) is 24.3 Å². The second-order valence-corrected chi connectivity index (χ2v) is 7.60. The highest BCUT2D eigenvalue weighted by Crippen LogP contribution is 2.30. The largest absolute Gasteiger partial charge is 0.494 e. The lowest BCUT2D eigenvalue weighted by Crippen LogP contribution is -2.52. The molecule has 0 saturated carbocycles. The number of benzene rings is 2. The third-order valence-corrected chi connectivity index (χ3v) is 5.80. The number of carbonyl (C=O) groups excluding carboxylic acids is 2. The predicted molar refractivity (Wildman–Crippen MR) is 114 cm³/mol. The standard InChI is InChI=1S/C22H24ClN3O3/c1-2-29-17-9-7-16(8-10-17)26-21(27)15-20(22(26)28)25-13-11-24(12-14-25)19-6-4-3-5-18(19)23/h3-10,20H,2,11-15H2,1H3/t20-/m1/s1. The Balaban J connectivity index is 1.42. The summed E-state index contributed by atoms with van der Waals surface area (Å²) in [6, 6.07) is 14.5. The maximum atomic E-state index is 13.0. The first-order valence-electron chi connectivity index (χ1n) is 9.91. The Kier molecular flexibility index (Phi) is 5.74. The van der Waals surface area contributed by atoms with Gasteiger partial charge >= 0.3 is 0 Å². The summed E-state index contributed by atoms with van der Waals surface area (Å²) in [5.41, 5.74) is 1.61. The molecule has 152 valence electrons. The number of amides is 2. The molecule has 2 amide bonds. The molecular formula is C22H24ClN3O3. The Morgan fingerprint density at radius 3 is 2.34 bits per heavy atom. The fourth-order valence-electron chi connectivity index (χ4n) is 4.01. The fourth-order valence-corrected chi connectivity index (χ4v) is 4.27. The smallest absolute Gasteiger partial charge is 0.251 e. The summed E-state index contributed by atoms with van der Waals surface area (Å²) in [7, 11) is 0. The van der Waals surface area contributed by atoms with Gasteiger partial charge in [-0.1, -0.05) is 23.7 Å². The molecule has 2 aliphatic heterocycles. The summed E-state index contributed by atoms with van der Waals surface area (Å²) in [6.07, 6.45) is 0.220. The Bertz CT molecular complexity index is 894. The number of hydrogen-bond acceptors (Lipinski definition) is 5. The van der Waals surface area contributed by atoms with Gasteiger partial charge in [0.05, 0.1) is 35.5 Å². The maximum absolute atomic E-state index is 13.0. The van der Waals surface area contributed by atoms with Gasteiger partial charge in [-0.2, -0.15) is 0 Å². The molecule has 0 spiro atoms. The molecule has 4 rings (SSSR count). The van der Waals surface area contributed by atoms with Gasteiger partial charge in [-0.15, -0.1) is 0 Å². The first kappa shape index (κ1) is 19.7. The van der Waals surface area contributed by atoms with Gasteiger partial charge in [-0.3, -0.25) is 14.5 Å². The highest BCUT2D eigenvalue weighted by Gasteiger charge is 2.43. The van der Waals surface area contributed by atoms with Crippen LogP contribution in [0.2, 0.25) is 5.02 Å². The average Bonchev–Trinajstić information content (AvgIpc) is 3.03. The highest BCUT2D eigenvalue weighted by atomic mass is 35.5. The second kappa shape index (κ2) is 8.43. The Morgan fingerprint density at radius 2 is 1.69 bits per heavy atom. The Hall–Kier alpha value is -2.57. The van der Waals surface area contributed by atoms with E-state index < -0.39 is 6.04 Å². The molecule has 0 aliphatic carbocycles. The lowest BCUT2D eigenvalue weighted by molar-refractivity contribution is -0.123. The van der Waals surface area contributed by atoms with Crippen molar-refractivity contribution in [3.8, 4) is 5.75 Å². The number of halogens is 1. The van der Waals surface area contributed by atoms with Crippen molar-refractivity contribution in [1.82, 2.24) is 4.90 Å². The minimum atomic E-state index is -0.400. The van der Waals surface area contributed by atoms with Crippen molar-refractivity contribution >= 4 is 34.8 Å². The Morgan fingerprint density at radius 1 is 1.00 bits per heavy atom. The SMILES string of the molecule is CCOc1ccc(N2C(=O)C[C@@H](N3CCN(c4ccccc4Cl)CC3)C2=O)cc1. The van der Waals surface area contributed by atoms with Crippen molar-refractivity contribution in [3.63, 3.8) is 0 Å². The van der Waals surface area contributed by atoms with Gasteiger partial charge < -0.3 is 9.64 Å². The summed E-state index contributed by atoms with van der Waals surface area (Å²) in [5.74, 6) is 0.422. The minimum absolute atomic E-state index is 0.148. The molecule has 7 heteroatoms. The molecule has 2 aromatic rings. The lowest BCUT2D eigenvalue weighted by Gasteiger charge is -2.38. The van der Waals surface area contributed by atoms with E-state index in [2.05, 4.69) is 9.80 Å². The molecule has 0 N–H and O–H groups in total. The van der Waals surface area contributed by atoms with Gasteiger partial charge in [-0.25, -0.2) is 4.90 Å². The van der Waals surface area contributed by atoms with E-state index in [9.17, 15) is 9.59 Å². The third kappa shape index (κ3) is 3.95. The molecule has 2 saturated heterocycles. The molecule has 6 nitrogen and oxygen atoms in total. The second-order valence-electron chi connectivity index (χ2n) is 7.19. The van der Waals surface area contributed by atoms with Crippen LogP contribution in [-0.2, 0) is 9.59 Å². The predicted octanol–water partition coefficient (Wildman–Crippen LogP) is 3.19. The van der Waals surface area contributed by atoms with Crippen molar-refractivity contribution in [2.24, 2.45) is 0 Å². The average molecular weight is 414 g/mol. The Labute approximate surface area is 175 Å². The zero-order valence-corrected chi connectivity index (χ0v) is 17.1. The molecule has 1 atom stereocenters. The molecule has 29 heavy (non-hydrogen) atoms. The van der Waals surface area contributed by atoms with Crippen LogP contribution in [0.25, 0.3) is 0 Å². The first-order chi connectivity index (χ1) is 14.1. The van der Waals surface area contributed by atoms with Crippen LogP contribution in [0.4, 0.5) is 11.4 Å². The lowest BCUT2D eigenvalue weighted by atomic mass is 10.1. The van der Waals surface area contributed by atoms with E-state index in [-0.39, 0.29) is 18.2 Å². The number of hydrogen-bond donors (Lipinski definition) is 0. The molecule has 0 unspecified atom stereocenters. The molecular weight excluding hydrogens is 390 g/mol. The maximum Gasteiger partial charge on any atom is 0.251 e. The van der Waals surface area contributed by atoms with Crippen LogP contribution in [-0.4, -0.2) is 55.5 Å². The summed E-state index contributed by atoms with van der Waals surface area (Å²) in [5, 5.41) is 0.731. The monoisotopic (exact) mass is 413 g/mol. The van der Waals surface area contributed by atoms with Crippen LogP contribution >= 0.6 is 11.6 Å². The summed E-state index contributed by atoms with van der Waals surface area (Å²) in [4.78, 5) is 31.3. The fraction of sp³-hybridized carbons (Fsp3) is 0.364. The highest BCUT2D eigenvalue weighted by molar-refractivity contribution is 6.33. The van der Waals surface area contributed by atoms with E-state index in [0.717, 1.165) is 29.5 Å². The number of ether oxygens (including phenoxy) is 1. The van der Waals surface area contributed by atoms with Crippen LogP contribution in [0.5, 0.6) is 5.75 Å². The molecule has 0 radical (unpaired) electrons. The van der Waals surface area contributed by atoms with Crippen LogP contribution in [0.1, 0.15) is 13.3 Å². The van der Waals surface area contributed by atoms with Gasteiger partial charge in [0, 0.05) is 26.2 Å². The number of nitrogens with zero attached hydrogens (tertiary/aromatic N) is 3. The summed E-state index contributed by atoms with van der Waals surface area (Å²) in [6.45, 7) is 5.45. The van der Waals surface area contributed by atoms with Gasteiger partial charge in [0.2, 0.25) is 5.91 Å². The molecule has 0 bridgehead atoms. The first-order valence-corrected chi connectivity index (χ1v) is 10.3. The van der Waals surface area contributed by atoms with Crippen molar-refractivity contribution in [3.05, 3.63) is 53.6 Å². The topological polar surface area (TPSA) is 53.1 Å². The molecule has 0 aromatic heterocycles. The van der Waals surface area contributed by atoms with E-state index in [1.165, 1.54) is 4.90 Å². The number of para-hydroxylation sites is 1. The number of carbonyl (C=O) groups is 2. The minimum Gasteiger partial charge on any atom is -0.494 e. The van der Waals surface area contributed by atoms with Crippen LogP contribution in [0, 0.1) is 0 Å². The van der Waals surface area contributed by atoms with Crippen molar-refractivity contribution in [2.75, 3.05) is 42.6 Å². The van der Waals surface area contributed by atoms with Gasteiger partial charge in [0.25, 0.3) is 5.91 Å². The van der Waals surface area contributed by atoms with Crippen LogP contribution in [0.3, 0.4) is 0 Å². The number of imide groups is 1. The van der Waals surface area contributed by atoms with E-state index >= 15 is 0 Å². The molecule has 2 heterocycles. The molecule has 2 aliphatic rings. The van der Waals surface area contributed by atoms with E-state index in [0.29, 0.717) is 25.4 Å². The van der Waals surface area contributed by atoms with Gasteiger partial charge in [0.15, 0.2) is 0 Å². The van der Waals surface area contributed by atoms with Crippen molar-refractivity contribution in [2.45, 2.75) is 19.4 Å². The summed E-state index contributed by atoms with van der Waals surface area (Å²) >= 11 is 6.31. The quantitative estimate of drug-likeness (QED) is 0.704. The number of piperazine rings is 1. The van der Waals surface area contributed by atoms with Crippen molar-refractivity contribution < 1.29 is 14.3 Å². The zero-order valence-electron chi connectivity index (χ0n) is 16.4. The normalized spacial score (nSPS) is 20.4. The van der Waals surface area contributed by atoms with Gasteiger partial charge in [-0.05, 0) is 43.3 Å². The number of anilines is 2. The third-order valence-electron chi connectivity index (χ3n) is 5.48. The van der Waals surface area contributed by atoms with Crippen LogP contribution in [0.15, 0.2) is 48.5 Å². The van der Waals surface area contributed by atoms with E-state index in [1.807, 2.05) is 31.2 Å². The molecule has 2 fully saturated rings. The zero-order chi connectivity index (χ0) is 20.4. The van der Waals surface area contributed by atoms with Gasteiger partial charge in [0.1, 0.15) is 5.75 Å². The molecule has 2 aromatic carbocycles. The number of rotatable bonds is 5. The van der Waals surface area contributed by atoms with E-state index in [4.69, 9.17) is 16.3 Å².